The number of halogens is 6. The molecule has 0 atom stereocenters. The molecule has 0 unspecified atom stereocenters. The van der Waals surface area contributed by atoms with Gasteiger partial charge in [-0.05, 0) is 48.7 Å². The Balaban J connectivity index is 2.04. The van der Waals surface area contributed by atoms with Gasteiger partial charge in [-0.3, -0.25) is 4.57 Å². The third kappa shape index (κ3) is 2.88. The summed E-state index contributed by atoms with van der Waals surface area (Å²) in [5.74, 6) is -1.31. The molecule has 0 fully saturated rings. The third-order valence-corrected chi connectivity index (χ3v) is 4.40. The van der Waals surface area contributed by atoms with Gasteiger partial charge in [-0.25, -0.2) is 9.97 Å². The molecule has 2 aromatic heterocycles. The summed E-state index contributed by atoms with van der Waals surface area (Å²) in [5, 5.41) is 3.14. The molecular weight excluding hydrogens is 374 g/mol. The molecule has 10 heteroatoms. The molecule has 1 aliphatic rings. The second-order valence-corrected chi connectivity index (χ2v) is 6.28. The van der Waals surface area contributed by atoms with Crippen LogP contribution in [0.25, 0.3) is 16.9 Å². The van der Waals surface area contributed by atoms with Gasteiger partial charge in [0.1, 0.15) is 11.2 Å². The lowest BCUT2D eigenvalue weighted by Crippen LogP contribution is -2.15. The highest BCUT2D eigenvalue weighted by Crippen LogP contribution is 2.37. The first-order valence-electron chi connectivity index (χ1n) is 7.97. The van der Waals surface area contributed by atoms with Crippen molar-refractivity contribution in [3.05, 3.63) is 46.9 Å². The highest BCUT2D eigenvalue weighted by atomic mass is 19.4. The Kier molecular flexibility index (Phi) is 3.66. The van der Waals surface area contributed by atoms with Crippen molar-refractivity contribution in [1.82, 2.24) is 14.5 Å². The van der Waals surface area contributed by atoms with Crippen molar-refractivity contribution in [3.8, 4) is 5.69 Å². The van der Waals surface area contributed by atoms with Crippen LogP contribution in [-0.2, 0) is 18.8 Å². The van der Waals surface area contributed by atoms with Gasteiger partial charge in [-0.1, -0.05) is 0 Å². The summed E-state index contributed by atoms with van der Waals surface area (Å²) in [6.45, 7) is 2.37. The topological polar surface area (TPSA) is 42.7 Å². The molecule has 0 aliphatic carbocycles. The van der Waals surface area contributed by atoms with Crippen LogP contribution in [0.5, 0.6) is 0 Å². The van der Waals surface area contributed by atoms with Gasteiger partial charge in [0, 0.05) is 17.9 Å². The minimum Gasteiger partial charge on any atom is -0.384 e. The van der Waals surface area contributed by atoms with Gasteiger partial charge in [-0.2, -0.15) is 26.3 Å². The number of nitrogens with zero attached hydrogens (tertiary/aromatic N) is 3. The van der Waals surface area contributed by atoms with E-state index in [-0.39, 0.29) is 11.2 Å². The molecule has 0 bridgehead atoms. The highest BCUT2D eigenvalue weighted by molar-refractivity contribution is 5.76. The van der Waals surface area contributed by atoms with Gasteiger partial charge in [0.15, 0.2) is 5.65 Å². The van der Waals surface area contributed by atoms with Gasteiger partial charge >= 0.3 is 12.4 Å². The van der Waals surface area contributed by atoms with E-state index in [9.17, 15) is 26.3 Å². The van der Waals surface area contributed by atoms with Crippen molar-refractivity contribution in [3.63, 3.8) is 0 Å². The van der Waals surface area contributed by atoms with Crippen LogP contribution in [0, 0.1) is 6.92 Å². The van der Waals surface area contributed by atoms with E-state index in [0.717, 1.165) is 17.3 Å². The van der Waals surface area contributed by atoms with Crippen molar-refractivity contribution in [2.45, 2.75) is 25.7 Å². The van der Waals surface area contributed by atoms with Crippen LogP contribution >= 0.6 is 0 Å². The number of aromatic nitrogens is 3. The minimum atomic E-state index is -4.86. The second kappa shape index (κ2) is 5.61. The second-order valence-electron chi connectivity index (χ2n) is 6.28. The van der Waals surface area contributed by atoms with Crippen LogP contribution in [0.3, 0.4) is 0 Å². The van der Waals surface area contributed by atoms with E-state index in [0.29, 0.717) is 29.2 Å². The molecule has 1 aromatic carbocycles. The maximum absolute atomic E-state index is 13.5. The summed E-state index contributed by atoms with van der Waals surface area (Å²) in [5.41, 5.74) is 0.393. The number of aryl methyl sites for hydroxylation is 1. The molecule has 4 rings (SSSR count). The maximum Gasteiger partial charge on any atom is 0.450 e. The molecule has 3 heterocycles. The Hall–Kier alpha value is -2.78. The molecule has 3 aromatic rings. The number of hydrogen-bond donors (Lipinski definition) is 1. The molecule has 4 nitrogen and oxygen atoms in total. The van der Waals surface area contributed by atoms with Crippen LogP contribution in [-0.4, -0.2) is 21.1 Å². The Morgan fingerprint density at radius 1 is 1.00 bits per heavy atom. The number of fused-ring (bicyclic) bond motifs is 2. The smallest absolute Gasteiger partial charge is 0.384 e. The quantitative estimate of drug-likeness (QED) is 0.615. The average molecular weight is 386 g/mol. The fourth-order valence-electron chi connectivity index (χ4n) is 3.29. The van der Waals surface area contributed by atoms with E-state index in [4.69, 9.17) is 0 Å². The van der Waals surface area contributed by atoms with Crippen LogP contribution in [0.15, 0.2) is 24.3 Å². The SMILES string of the molecule is Cc1cc(-n2c(C(F)(F)F)nc3ccc(C(F)(F)F)nc32)cc2c1NCC2. The molecule has 0 amide bonds. The summed E-state index contributed by atoms with van der Waals surface area (Å²) in [6, 6.07) is 4.53. The van der Waals surface area contributed by atoms with Crippen LogP contribution in [0.2, 0.25) is 0 Å². The molecule has 1 N–H and O–H groups in total. The number of benzene rings is 1. The monoisotopic (exact) mass is 386 g/mol. The summed E-state index contributed by atoms with van der Waals surface area (Å²) >= 11 is 0. The largest absolute Gasteiger partial charge is 0.450 e. The summed E-state index contributed by atoms with van der Waals surface area (Å²) < 4.78 is 80.3. The first-order chi connectivity index (χ1) is 12.6. The Morgan fingerprint density at radius 2 is 1.74 bits per heavy atom. The van der Waals surface area contributed by atoms with Gasteiger partial charge in [0.25, 0.3) is 0 Å². The molecule has 0 spiro atoms. The normalized spacial score (nSPS) is 14.5. The number of nitrogens with one attached hydrogen (secondary N) is 1. The Morgan fingerprint density at radius 3 is 2.41 bits per heavy atom. The molecule has 1 aliphatic heterocycles. The fraction of sp³-hybridized carbons (Fsp3) is 0.294. The molecule has 0 saturated heterocycles. The lowest BCUT2D eigenvalue weighted by atomic mass is 10.1. The Bertz CT molecular complexity index is 1050. The molecule has 27 heavy (non-hydrogen) atoms. The number of pyridine rings is 1. The van der Waals surface area contributed by atoms with E-state index in [2.05, 4.69) is 15.3 Å². The molecule has 0 saturated carbocycles. The lowest BCUT2D eigenvalue weighted by Gasteiger charge is -2.14. The van der Waals surface area contributed by atoms with E-state index in [1.807, 2.05) is 0 Å². The Labute approximate surface area is 148 Å². The van der Waals surface area contributed by atoms with Crippen LogP contribution in [0.1, 0.15) is 22.6 Å². The number of rotatable bonds is 1. The van der Waals surface area contributed by atoms with E-state index < -0.39 is 29.5 Å². The van der Waals surface area contributed by atoms with E-state index >= 15 is 0 Å². The van der Waals surface area contributed by atoms with Crippen LogP contribution in [0.4, 0.5) is 32.0 Å². The first kappa shape index (κ1) is 17.6. The van der Waals surface area contributed by atoms with Crippen molar-refractivity contribution in [2.75, 3.05) is 11.9 Å². The van der Waals surface area contributed by atoms with E-state index in [1.165, 1.54) is 12.1 Å². The average Bonchev–Trinajstić information content (AvgIpc) is 3.17. The number of hydrogen-bond acceptors (Lipinski definition) is 3. The van der Waals surface area contributed by atoms with Gasteiger partial charge in [0.05, 0.1) is 0 Å². The van der Waals surface area contributed by atoms with Crippen molar-refractivity contribution < 1.29 is 26.3 Å². The highest BCUT2D eigenvalue weighted by Gasteiger charge is 2.40. The minimum absolute atomic E-state index is 0.0802. The van der Waals surface area contributed by atoms with Crippen LogP contribution < -0.4 is 5.32 Å². The van der Waals surface area contributed by atoms with Gasteiger partial charge in [-0.15, -0.1) is 0 Å². The van der Waals surface area contributed by atoms with Crippen molar-refractivity contribution in [2.24, 2.45) is 0 Å². The van der Waals surface area contributed by atoms with Crippen molar-refractivity contribution in [1.29, 1.82) is 0 Å². The van der Waals surface area contributed by atoms with Gasteiger partial charge in [0.2, 0.25) is 5.82 Å². The zero-order chi connectivity index (χ0) is 19.6. The summed E-state index contributed by atoms with van der Waals surface area (Å²) in [6.07, 6.45) is -9.02. The predicted molar refractivity (Wildman–Crippen MR) is 85.8 cm³/mol. The molecule has 0 radical (unpaired) electrons. The number of alkyl halides is 6. The van der Waals surface area contributed by atoms with Gasteiger partial charge < -0.3 is 5.32 Å². The fourth-order valence-corrected chi connectivity index (χ4v) is 3.29. The molecular formula is C17H12F6N4. The maximum atomic E-state index is 13.5. The summed E-state index contributed by atoms with van der Waals surface area (Å²) in [7, 11) is 0. The number of imidazole rings is 1. The predicted octanol–water partition coefficient (Wildman–Crippen LogP) is 4.73. The number of anilines is 1. The zero-order valence-corrected chi connectivity index (χ0v) is 13.8. The summed E-state index contributed by atoms with van der Waals surface area (Å²) in [4.78, 5) is 6.94. The first-order valence-corrected chi connectivity index (χ1v) is 7.97. The lowest BCUT2D eigenvalue weighted by molar-refractivity contribution is -0.145. The standard InChI is InChI=1S/C17H12F6N4/c1-8-6-10(7-9-4-5-24-13(8)9)27-14-11(25-15(27)17(21,22)23)2-3-12(26-14)16(18,19)20/h2-3,6-7,24H,4-5H2,1H3. The zero-order valence-electron chi connectivity index (χ0n) is 13.8. The molecule has 142 valence electrons. The van der Waals surface area contributed by atoms with Crippen molar-refractivity contribution >= 4 is 16.9 Å². The van der Waals surface area contributed by atoms with E-state index in [1.54, 1.807) is 6.92 Å². The third-order valence-electron chi connectivity index (χ3n) is 4.40.